The maximum absolute atomic E-state index is 13.4. The topological polar surface area (TPSA) is 70.7 Å². The number of anilines is 2. The van der Waals surface area contributed by atoms with Gasteiger partial charge in [0, 0.05) is 4.88 Å². The van der Waals surface area contributed by atoms with Crippen LogP contribution in [-0.4, -0.2) is 43.5 Å². The Morgan fingerprint density at radius 3 is 2.62 bits per heavy atom. The Hall–Kier alpha value is -2.38. The van der Waals surface area contributed by atoms with Crippen LogP contribution in [0.1, 0.15) is 59.8 Å². The average molecular weight is 456 g/mol. The first-order chi connectivity index (χ1) is 15.5. The van der Waals surface area contributed by atoms with Crippen LogP contribution >= 0.6 is 11.3 Å². The normalized spacial score (nSPS) is 19.0. The number of para-hydroxylation sites is 2. The molecule has 2 amide bonds. The zero-order valence-electron chi connectivity index (χ0n) is 19.0. The molecule has 7 heteroatoms. The number of nitrogens with zero attached hydrogens (tertiary/aromatic N) is 1. The van der Waals surface area contributed by atoms with Gasteiger partial charge in [0.2, 0.25) is 5.91 Å². The zero-order valence-corrected chi connectivity index (χ0v) is 19.9. The molecular weight excluding hydrogens is 422 g/mol. The molecule has 2 aliphatic rings. The maximum Gasteiger partial charge on any atom is 0.259 e. The van der Waals surface area contributed by atoms with Crippen molar-refractivity contribution in [3.05, 3.63) is 40.3 Å². The summed E-state index contributed by atoms with van der Waals surface area (Å²) in [6, 6.07) is 7.39. The van der Waals surface area contributed by atoms with Gasteiger partial charge in [0.25, 0.3) is 5.91 Å². The van der Waals surface area contributed by atoms with Gasteiger partial charge in [-0.3, -0.25) is 14.5 Å². The lowest BCUT2D eigenvalue weighted by molar-refractivity contribution is -0.117. The molecule has 0 saturated carbocycles. The van der Waals surface area contributed by atoms with E-state index in [0.29, 0.717) is 34.5 Å². The molecule has 2 aromatic rings. The minimum absolute atomic E-state index is 0.0371. The van der Waals surface area contributed by atoms with Crippen molar-refractivity contribution in [2.45, 2.75) is 51.9 Å². The van der Waals surface area contributed by atoms with Crippen molar-refractivity contribution < 1.29 is 14.3 Å². The van der Waals surface area contributed by atoms with Gasteiger partial charge in [0.15, 0.2) is 0 Å². The van der Waals surface area contributed by atoms with E-state index in [-0.39, 0.29) is 11.8 Å². The van der Waals surface area contributed by atoms with Gasteiger partial charge >= 0.3 is 0 Å². The molecule has 6 nitrogen and oxygen atoms in total. The highest BCUT2D eigenvalue weighted by atomic mass is 32.1. The van der Waals surface area contributed by atoms with Crippen molar-refractivity contribution in [2.75, 3.05) is 37.4 Å². The fraction of sp³-hybridized carbons (Fsp3) is 0.520. The highest BCUT2D eigenvalue weighted by Crippen LogP contribution is 2.40. The minimum atomic E-state index is -0.188. The van der Waals surface area contributed by atoms with E-state index in [0.717, 1.165) is 50.8 Å². The molecule has 1 aromatic carbocycles. The van der Waals surface area contributed by atoms with Crippen LogP contribution in [0, 0.1) is 5.92 Å². The van der Waals surface area contributed by atoms with Crippen LogP contribution in [0.15, 0.2) is 24.3 Å². The third-order valence-electron chi connectivity index (χ3n) is 6.41. The second kappa shape index (κ2) is 10.5. The Kier molecular flexibility index (Phi) is 7.48. The van der Waals surface area contributed by atoms with E-state index in [1.54, 1.807) is 18.4 Å². The predicted molar refractivity (Wildman–Crippen MR) is 130 cm³/mol. The molecule has 172 valence electrons. The summed E-state index contributed by atoms with van der Waals surface area (Å²) in [4.78, 5) is 29.8. The Bertz CT molecular complexity index is 963. The lowest BCUT2D eigenvalue weighted by Gasteiger charge is -2.19. The molecule has 1 saturated heterocycles. The van der Waals surface area contributed by atoms with E-state index >= 15 is 0 Å². The van der Waals surface area contributed by atoms with Crippen LogP contribution in [-0.2, 0) is 17.6 Å². The summed E-state index contributed by atoms with van der Waals surface area (Å²) in [5.41, 5.74) is 2.34. The summed E-state index contributed by atoms with van der Waals surface area (Å²) < 4.78 is 5.39. The van der Waals surface area contributed by atoms with Crippen LogP contribution in [0.25, 0.3) is 0 Å². The Morgan fingerprint density at radius 1 is 1.12 bits per heavy atom. The smallest absolute Gasteiger partial charge is 0.259 e. The summed E-state index contributed by atoms with van der Waals surface area (Å²) >= 11 is 1.57. The van der Waals surface area contributed by atoms with Crippen LogP contribution < -0.4 is 15.4 Å². The molecule has 0 radical (unpaired) electrons. The predicted octanol–water partition coefficient (Wildman–Crippen LogP) is 4.95. The van der Waals surface area contributed by atoms with Crippen LogP contribution in [0.2, 0.25) is 0 Å². The largest absolute Gasteiger partial charge is 0.495 e. The molecular formula is C25H33N3O3S. The molecule has 32 heavy (non-hydrogen) atoms. The van der Waals surface area contributed by atoms with Crippen molar-refractivity contribution in [1.82, 2.24) is 4.90 Å². The number of thiophene rings is 1. The van der Waals surface area contributed by atoms with E-state index in [9.17, 15) is 9.59 Å². The van der Waals surface area contributed by atoms with E-state index in [4.69, 9.17) is 4.74 Å². The second-order valence-corrected chi connectivity index (χ2v) is 10.1. The zero-order chi connectivity index (χ0) is 22.5. The number of ether oxygens (including phenoxy) is 1. The van der Waals surface area contributed by atoms with Crippen molar-refractivity contribution in [3.8, 4) is 5.75 Å². The number of benzene rings is 1. The van der Waals surface area contributed by atoms with Crippen molar-refractivity contribution in [3.63, 3.8) is 0 Å². The van der Waals surface area contributed by atoms with E-state index < -0.39 is 0 Å². The molecule has 1 aliphatic heterocycles. The number of nitrogens with one attached hydrogen (secondary N) is 2. The quantitative estimate of drug-likeness (QED) is 0.647. The van der Waals surface area contributed by atoms with Crippen molar-refractivity contribution >= 4 is 33.8 Å². The number of methoxy groups -OCH3 is 1. The van der Waals surface area contributed by atoms with Crippen LogP contribution in [0.3, 0.4) is 0 Å². The summed E-state index contributed by atoms with van der Waals surface area (Å²) in [5.74, 6) is 0.980. The van der Waals surface area contributed by atoms with E-state index in [2.05, 4.69) is 22.5 Å². The van der Waals surface area contributed by atoms with Gasteiger partial charge in [-0.2, -0.15) is 0 Å². The standard InChI is InChI=1S/C25H33N3O3S/c1-17-11-12-18-21(15-17)32-25(27-22(29)16-28-13-7-3-4-8-14-28)23(18)24(30)26-19-9-5-6-10-20(19)31-2/h5-6,9-10,17H,3-4,7-8,11-16H2,1-2H3,(H,26,30)(H,27,29). The number of rotatable bonds is 6. The Labute approximate surface area is 194 Å². The highest BCUT2D eigenvalue weighted by molar-refractivity contribution is 7.17. The van der Waals surface area contributed by atoms with Crippen molar-refractivity contribution in [2.24, 2.45) is 5.92 Å². The minimum Gasteiger partial charge on any atom is -0.495 e. The highest BCUT2D eigenvalue weighted by Gasteiger charge is 2.29. The molecule has 1 fully saturated rings. The van der Waals surface area contributed by atoms with Gasteiger partial charge in [-0.05, 0) is 68.8 Å². The van der Waals surface area contributed by atoms with Gasteiger partial charge in [-0.1, -0.05) is 31.9 Å². The molecule has 1 aliphatic carbocycles. The van der Waals surface area contributed by atoms with Crippen LogP contribution in [0.4, 0.5) is 10.7 Å². The van der Waals surface area contributed by atoms with Gasteiger partial charge in [0.05, 0.1) is 24.9 Å². The molecule has 2 heterocycles. The lowest BCUT2D eigenvalue weighted by atomic mass is 9.88. The Morgan fingerprint density at radius 2 is 1.88 bits per heavy atom. The summed E-state index contributed by atoms with van der Waals surface area (Å²) in [6.45, 7) is 4.56. The lowest BCUT2D eigenvalue weighted by Crippen LogP contribution is -2.34. The average Bonchev–Trinajstić information content (AvgIpc) is 2.93. The number of likely N-dealkylation sites (tertiary alicyclic amines) is 1. The molecule has 1 unspecified atom stereocenters. The Balaban J connectivity index is 1.56. The number of amides is 2. The molecule has 1 aromatic heterocycles. The van der Waals surface area contributed by atoms with Crippen molar-refractivity contribution in [1.29, 1.82) is 0 Å². The molecule has 2 N–H and O–H groups in total. The molecule has 0 spiro atoms. The summed E-state index contributed by atoms with van der Waals surface area (Å²) in [7, 11) is 1.59. The fourth-order valence-corrected chi connectivity index (χ4v) is 6.10. The monoisotopic (exact) mass is 455 g/mol. The maximum atomic E-state index is 13.4. The molecule has 4 rings (SSSR count). The van der Waals surface area contributed by atoms with Crippen LogP contribution in [0.5, 0.6) is 5.75 Å². The first-order valence-electron chi connectivity index (χ1n) is 11.7. The number of hydrogen-bond donors (Lipinski definition) is 2. The first kappa shape index (κ1) is 22.8. The van der Waals surface area contributed by atoms with Gasteiger partial charge in [-0.15, -0.1) is 11.3 Å². The number of fused-ring (bicyclic) bond motifs is 1. The fourth-order valence-electron chi connectivity index (χ4n) is 4.68. The first-order valence-corrected chi connectivity index (χ1v) is 12.5. The number of carbonyl (C=O) groups excluding carboxylic acids is 2. The number of carbonyl (C=O) groups is 2. The number of hydrogen-bond acceptors (Lipinski definition) is 5. The second-order valence-electron chi connectivity index (χ2n) is 8.95. The van der Waals surface area contributed by atoms with Gasteiger partial charge in [0.1, 0.15) is 10.8 Å². The van der Waals surface area contributed by atoms with E-state index in [1.807, 2.05) is 24.3 Å². The molecule has 0 bridgehead atoms. The van der Waals surface area contributed by atoms with Gasteiger partial charge < -0.3 is 15.4 Å². The summed E-state index contributed by atoms with van der Waals surface area (Å²) in [6.07, 6.45) is 7.64. The SMILES string of the molecule is COc1ccccc1NC(=O)c1c(NC(=O)CN2CCCCCC2)sc2c1CCC(C)C2. The van der Waals surface area contributed by atoms with Gasteiger partial charge in [-0.25, -0.2) is 0 Å². The summed E-state index contributed by atoms with van der Waals surface area (Å²) in [5, 5.41) is 6.78. The van der Waals surface area contributed by atoms with E-state index in [1.165, 1.54) is 17.7 Å². The third kappa shape index (κ3) is 5.33. The third-order valence-corrected chi connectivity index (χ3v) is 7.58. The molecule has 1 atom stereocenters.